The largest absolute Gasteiger partial charge is 0.478 e. The minimum Gasteiger partial charge on any atom is -0.478 e. The summed E-state index contributed by atoms with van der Waals surface area (Å²) in [7, 11) is 1.75. The van der Waals surface area contributed by atoms with E-state index in [2.05, 4.69) is 4.90 Å². The Morgan fingerprint density at radius 2 is 2.33 bits per heavy atom. The number of hydrogen-bond donors (Lipinski definition) is 1. The zero-order valence-corrected chi connectivity index (χ0v) is 10.8. The maximum Gasteiger partial charge on any atom is 0.335 e. The molecule has 1 unspecified atom stereocenters. The van der Waals surface area contributed by atoms with Crippen molar-refractivity contribution in [2.75, 3.05) is 20.2 Å². The van der Waals surface area contributed by atoms with Gasteiger partial charge in [0.2, 0.25) is 0 Å². The zero-order valence-electron chi connectivity index (χ0n) is 10.8. The quantitative estimate of drug-likeness (QED) is 0.885. The van der Waals surface area contributed by atoms with E-state index in [-0.39, 0.29) is 0 Å². The molecule has 98 valence electrons. The van der Waals surface area contributed by atoms with E-state index < -0.39 is 5.97 Å². The van der Waals surface area contributed by atoms with Crippen molar-refractivity contribution in [3.63, 3.8) is 0 Å². The Bertz CT molecular complexity index is 445. The number of hydrogen-bond acceptors (Lipinski definition) is 3. The van der Waals surface area contributed by atoms with Crippen LogP contribution in [-0.2, 0) is 11.3 Å². The van der Waals surface area contributed by atoms with E-state index in [0.717, 1.165) is 31.6 Å². The highest BCUT2D eigenvalue weighted by Crippen LogP contribution is 2.18. The van der Waals surface area contributed by atoms with Crippen molar-refractivity contribution in [2.45, 2.75) is 26.0 Å². The number of carboxylic acid groups (broad SMARTS) is 1. The van der Waals surface area contributed by atoms with Crippen molar-refractivity contribution in [3.05, 3.63) is 34.9 Å². The number of carbonyl (C=O) groups is 1. The second-order valence-electron chi connectivity index (χ2n) is 4.83. The lowest BCUT2D eigenvalue weighted by Crippen LogP contribution is -2.22. The molecule has 2 rings (SSSR count). The normalized spacial score (nSPS) is 20.2. The van der Waals surface area contributed by atoms with Crippen LogP contribution in [-0.4, -0.2) is 42.3 Å². The third kappa shape index (κ3) is 2.89. The van der Waals surface area contributed by atoms with E-state index in [1.54, 1.807) is 19.2 Å². The Morgan fingerprint density at radius 3 is 2.89 bits per heavy atom. The van der Waals surface area contributed by atoms with Crippen LogP contribution in [0.3, 0.4) is 0 Å². The summed E-state index contributed by atoms with van der Waals surface area (Å²) >= 11 is 0. The Morgan fingerprint density at radius 1 is 1.56 bits per heavy atom. The monoisotopic (exact) mass is 249 g/mol. The Hall–Kier alpha value is -1.39. The molecule has 0 saturated carbocycles. The van der Waals surface area contributed by atoms with Gasteiger partial charge in [0.25, 0.3) is 0 Å². The summed E-state index contributed by atoms with van der Waals surface area (Å²) in [6.45, 7) is 4.83. The molecule has 0 aromatic heterocycles. The molecular weight excluding hydrogens is 230 g/mol. The molecule has 0 amide bonds. The van der Waals surface area contributed by atoms with Crippen molar-refractivity contribution >= 4 is 5.97 Å². The van der Waals surface area contributed by atoms with E-state index >= 15 is 0 Å². The lowest BCUT2D eigenvalue weighted by Gasteiger charge is -2.17. The van der Waals surface area contributed by atoms with E-state index in [1.165, 1.54) is 5.56 Å². The molecule has 1 N–H and O–H groups in total. The minimum absolute atomic E-state index is 0.337. The Balaban J connectivity index is 2.04. The van der Waals surface area contributed by atoms with Gasteiger partial charge in [0.1, 0.15) is 0 Å². The van der Waals surface area contributed by atoms with E-state index in [1.807, 2.05) is 13.0 Å². The molecule has 1 aromatic rings. The third-order valence-electron chi connectivity index (χ3n) is 3.55. The highest BCUT2D eigenvalue weighted by atomic mass is 16.5. The fourth-order valence-electron chi connectivity index (χ4n) is 2.38. The van der Waals surface area contributed by atoms with Gasteiger partial charge in [-0.2, -0.15) is 0 Å². The average Bonchev–Trinajstić information content (AvgIpc) is 2.79. The molecule has 1 aliphatic rings. The summed E-state index contributed by atoms with van der Waals surface area (Å²) in [6.07, 6.45) is 1.41. The maximum absolute atomic E-state index is 10.9. The van der Waals surface area contributed by atoms with E-state index in [0.29, 0.717) is 11.7 Å². The Kier molecular flexibility index (Phi) is 3.99. The summed E-state index contributed by atoms with van der Waals surface area (Å²) in [6, 6.07) is 5.33. The summed E-state index contributed by atoms with van der Waals surface area (Å²) < 4.78 is 5.34. The lowest BCUT2D eigenvalue weighted by molar-refractivity contribution is 0.0696. The lowest BCUT2D eigenvalue weighted by atomic mass is 10.0. The molecule has 4 heteroatoms. The molecule has 0 bridgehead atoms. The van der Waals surface area contributed by atoms with Gasteiger partial charge in [-0.05, 0) is 36.6 Å². The fourth-order valence-corrected chi connectivity index (χ4v) is 2.38. The van der Waals surface area contributed by atoms with Crippen molar-refractivity contribution in [1.29, 1.82) is 0 Å². The van der Waals surface area contributed by atoms with Crippen LogP contribution in [0.1, 0.15) is 27.9 Å². The second kappa shape index (κ2) is 5.50. The number of methoxy groups -OCH3 is 1. The van der Waals surface area contributed by atoms with Crippen molar-refractivity contribution < 1.29 is 14.6 Å². The summed E-state index contributed by atoms with van der Waals surface area (Å²) in [4.78, 5) is 13.2. The van der Waals surface area contributed by atoms with Crippen LogP contribution >= 0.6 is 0 Å². The molecule has 0 spiro atoms. The van der Waals surface area contributed by atoms with E-state index in [9.17, 15) is 4.79 Å². The standard InChI is InChI=1S/C14H19NO3/c1-10-7-11(14(16)17)3-4-12(10)8-15-6-5-13(9-15)18-2/h3-4,7,13H,5-6,8-9H2,1-2H3,(H,16,17). The first-order chi connectivity index (χ1) is 8.60. The van der Waals surface area contributed by atoms with Gasteiger partial charge in [-0.15, -0.1) is 0 Å². The molecule has 18 heavy (non-hydrogen) atoms. The molecule has 1 aliphatic heterocycles. The van der Waals surface area contributed by atoms with Crippen LogP contribution in [0.15, 0.2) is 18.2 Å². The van der Waals surface area contributed by atoms with Crippen LogP contribution in [0.25, 0.3) is 0 Å². The van der Waals surface area contributed by atoms with Gasteiger partial charge in [-0.1, -0.05) is 6.07 Å². The van der Waals surface area contributed by atoms with Gasteiger partial charge in [0.05, 0.1) is 11.7 Å². The molecular formula is C14H19NO3. The molecule has 4 nitrogen and oxygen atoms in total. The van der Waals surface area contributed by atoms with Gasteiger partial charge < -0.3 is 9.84 Å². The third-order valence-corrected chi connectivity index (χ3v) is 3.55. The van der Waals surface area contributed by atoms with E-state index in [4.69, 9.17) is 9.84 Å². The maximum atomic E-state index is 10.9. The second-order valence-corrected chi connectivity index (χ2v) is 4.83. The number of aromatic carboxylic acids is 1. The number of nitrogens with zero attached hydrogens (tertiary/aromatic N) is 1. The number of likely N-dealkylation sites (tertiary alicyclic amines) is 1. The molecule has 0 radical (unpaired) electrons. The molecule has 1 atom stereocenters. The van der Waals surface area contributed by atoms with Crippen LogP contribution in [0.2, 0.25) is 0 Å². The number of ether oxygens (including phenoxy) is 1. The van der Waals surface area contributed by atoms with Crippen LogP contribution in [0.4, 0.5) is 0 Å². The molecule has 0 aliphatic carbocycles. The average molecular weight is 249 g/mol. The van der Waals surface area contributed by atoms with Gasteiger partial charge in [0.15, 0.2) is 0 Å². The number of benzene rings is 1. The van der Waals surface area contributed by atoms with Crippen molar-refractivity contribution in [3.8, 4) is 0 Å². The van der Waals surface area contributed by atoms with Gasteiger partial charge in [-0.25, -0.2) is 4.79 Å². The van der Waals surface area contributed by atoms with Crippen LogP contribution in [0.5, 0.6) is 0 Å². The Labute approximate surface area is 107 Å². The first-order valence-corrected chi connectivity index (χ1v) is 6.18. The summed E-state index contributed by atoms with van der Waals surface area (Å²) in [5.74, 6) is -0.870. The topological polar surface area (TPSA) is 49.8 Å². The highest BCUT2D eigenvalue weighted by molar-refractivity contribution is 5.87. The zero-order chi connectivity index (χ0) is 13.1. The first-order valence-electron chi connectivity index (χ1n) is 6.18. The van der Waals surface area contributed by atoms with Crippen molar-refractivity contribution in [2.24, 2.45) is 0 Å². The highest BCUT2D eigenvalue weighted by Gasteiger charge is 2.22. The van der Waals surface area contributed by atoms with Crippen LogP contribution < -0.4 is 0 Å². The minimum atomic E-state index is -0.870. The number of carboxylic acids is 1. The van der Waals surface area contributed by atoms with Gasteiger partial charge in [-0.3, -0.25) is 4.90 Å². The molecule has 1 heterocycles. The number of aryl methyl sites for hydroxylation is 1. The first kappa shape index (κ1) is 13.1. The molecule has 1 fully saturated rings. The predicted octanol–water partition coefficient (Wildman–Crippen LogP) is 1.91. The van der Waals surface area contributed by atoms with Crippen molar-refractivity contribution in [1.82, 2.24) is 4.90 Å². The van der Waals surface area contributed by atoms with Gasteiger partial charge in [0, 0.05) is 26.7 Å². The summed E-state index contributed by atoms with van der Waals surface area (Å²) in [5.41, 5.74) is 2.58. The smallest absolute Gasteiger partial charge is 0.335 e. The molecule has 1 aromatic carbocycles. The summed E-state index contributed by atoms with van der Waals surface area (Å²) in [5, 5.41) is 8.92. The fraction of sp³-hybridized carbons (Fsp3) is 0.500. The SMILES string of the molecule is COC1CCN(Cc2ccc(C(=O)O)cc2C)C1. The predicted molar refractivity (Wildman–Crippen MR) is 68.8 cm³/mol. The van der Waals surface area contributed by atoms with Gasteiger partial charge >= 0.3 is 5.97 Å². The van der Waals surface area contributed by atoms with Crippen LogP contribution in [0, 0.1) is 6.92 Å². The number of rotatable bonds is 4. The molecule has 1 saturated heterocycles.